The lowest BCUT2D eigenvalue weighted by Gasteiger charge is -2.17. The third-order valence-electron chi connectivity index (χ3n) is 5.27. The molecular weight excluding hydrogens is 275 g/mol. The largest absolute Gasteiger partial charge is 0.416 e. The summed E-state index contributed by atoms with van der Waals surface area (Å²) in [5.74, 6) is 2.27. The van der Waals surface area contributed by atoms with Gasteiger partial charge >= 0.3 is 6.18 Å². The fraction of sp³-hybridized carbons (Fsp3) is 0.647. The molecule has 116 valence electrons. The highest BCUT2D eigenvalue weighted by Crippen LogP contribution is 2.57. The fourth-order valence-corrected chi connectivity index (χ4v) is 4.20. The van der Waals surface area contributed by atoms with Gasteiger partial charge in [-0.3, -0.25) is 0 Å². The minimum Gasteiger partial charge on any atom is -0.316 e. The Morgan fingerprint density at radius 3 is 2.43 bits per heavy atom. The van der Waals surface area contributed by atoms with Gasteiger partial charge in [0.25, 0.3) is 0 Å². The predicted octanol–water partition coefficient (Wildman–Crippen LogP) is 4.27. The van der Waals surface area contributed by atoms with Crippen LogP contribution in [0.5, 0.6) is 0 Å². The summed E-state index contributed by atoms with van der Waals surface area (Å²) in [6.45, 7) is 0. The Morgan fingerprint density at radius 2 is 1.86 bits per heavy atom. The molecule has 21 heavy (non-hydrogen) atoms. The van der Waals surface area contributed by atoms with Crippen molar-refractivity contribution in [1.82, 2.24) is 5.32 Å². The van der Waals surface area contributed by atoms with Crippen molar-refractivity contribution < 1.29 is 13.2 Å². The molecule has 2 aliphatic carbocycles. The van der Waals surface area contributed by atoms with Crippen molar-refractivity contribution in [2.24, 2.45) is 17.8 Å². The Morgan fingerprint density at radius 1 is 1.19 bits per heavy atom. The second kappa shape index (κ2) is 5.64. The number of nitrogens with one attached hydrogen (secondary N) is 1. The van der Waals surface area contributed by atoms with Crippen LogP contribution in [0, 0.1) is 17.8 Å². The normalized spacial score (nSPS) is 29.8. The van der Waals surface area contributed by atoms with E-state index in [0.29, 0.717) is 18.4 Å². The van der Waals surface area contributed by atoms with Gasteiger partial charge in [0, 0.05) is 6.04 Å². The molecule has 2 aliphatic rings. The molecule has 0 aliphatic heterocycles. The van der Waals surface area contributed by atoms with Gasteiger partial charge in [-0.25, -0.2) is 0 Å². The van der Waals surface area contributed by atoms with Crippen LogP contribution in [0.25, 0.3) is 0 Å². The van der Waals surface area contributed by atoms with Crippen molar-refractivity contribution in [1.29, 1.82) is 0 Å². The number of alkyl halides is 3. The van der Waals surface area contributed by atoms with E-state index in [9.17, 15) is 13.2 Å². The first-order valence-corrected chi connectivity index (χ1v) is 7.84. The zero-order valence-corrected chi connectivity index (χ0v) is 12.3. The summed E-state index contributed by atoms with van der Waals surface area (Å²) in [7, 11) is 1.93. The van der Waals surface area contributed by atoms with Crippen molar-refractivity contribution in [2.75, 3.05) is 7.05 Å². The van der Waals surface area contributed by atoms with Gasteiger partial charge in [-0.1, -0.05) is 31.0 Å². The highest BCUT2D eigenvalue weighted by Gasteiger charge is 2.53. The molecule has 1 aromatic carbocycles. The molecule has 3 rings (SSSR count). The average Bonchev–Trinajstić information content (AvgIpc) is 3.18. The summed E-state index contributed by atoms with van der Waals surface area (Å²) in [4.78, 5) is 0. The van der Waals surface area contributed by atoms with E-state index in [4.69, 9.17) is 0 Å². The van der Waals surface area contributed by atoms with E-state index in [1.807, 2.05) is 13.1 Å². The molecule has 0 amide bonds. The standard InChI is InChI=1S/C17H22F3N/c1-21-15(16-13-7-2-3-8-14(13)16)10-11-5-4-6-12(9-11)17(18,19)20/h4-6,9,13-16,21H,2-3,7-8,10H2,1H3. The van der Waals surface area contributed by atoms with Crippen LogP contribution in [0.2, 0.25) is 0 Å². The van der Waals surface area contributed by atoms with E-state index >= 15 is 0 Å². The maximum absolute atomic E-state index is 12.8. The van der Waals surface area contributed by atoms with Gasteiger partial charge in [0.15, 0.2) is 0 Å². The molecule has 0 radical (unpaired) electrons. The van der Waals surface area contributed by atoms with E-state index in [1.165, 1.54) is 37.8 Å². The first-order valence-electron chi connectivity index (χ1n) is 7.84. The first kappa shape index (κ1) is 14.9. The Kier molecular flexibility index (Phi) is 4.00. The maximum Gasteiger partial charge on any atom is 0.416 e. The third kappa shape index (κ3) is 3.10. The SMILES string of the molecule is CNC(Cc1cccc(C(F)(F)F)c1)C1C2CCCCC21. The molecule has 1 N–H and O–H groups in total. The van der Waals surface area contributed by atoms with Gasteiger partial charge in [-0.05, 0) is 55.7 Å². The van der Waals surface area contributed by atoms with E-state index in [0.717, 1.165) is 23.5 Å². The van der Waals surface area contributed by atoms with Crippen LogP contribution in [0.1, 0.15) is 36.8 Å². The molecule has 1 aromatic rings. The molecule has 3 unspecified atom stereocenters. The number of likely N-dealkylation sites (N-methyl/N-ethyl adjacent to an activating group) is 1. The fourth-order valence-electron chi connectivity index (χ4n) is 4.20. The summed E-state index contributed by atoms with van der Waals surface area (Å²) < 4.78 is 38.4. The number of hydrogen-bond donors (Lipinski definition) is 1. The van der Waals surface area contributed by atoms with E-state index < -0.39 is 11.7 Å². The highest BCUT2D eigenvalue weighted by molar-refractivity contribution is 5.27. The molecule has 0 spiro atoms. The lowest BCUT2D eigenvalue weighted by Crippen LogP contribution is -2.31. The summed E-state index contributed by atoms with van der Waals surface area (Å²) in [6, 6.07) is 6.09. The molecule has 1 nitrogen and oxygen atoms in total. The Hall–Kier alpha value is -1.03. The zero-order chi connectivity index (χ0) is 15.0. The van der Waals surface area contributed by atoms with Gasteiger partial charge < -0.3 is 5.32 Å². The van der Waals surface area contributed by atoms with Gasteiger partial charge in [0.1, 0.15) is 0 Å². The first-order chi connectivity index (χ1) is 10.0. The van der Waals surface area contributed by atoms with E-state index in [1.54, 1.807) is 0 Å². The molecular formula is C17H22F3N. The van der Waals surface area contributed by atoms with Crippen LogP contribution in [-0.4, -0.2) is 13.1 Å². The van der Waals surface area contributed by atoms with Gasteiger partial charge in [0.05, 0.1) is 5.56 Å². The maximum atomic E-state index is 12.8. The van der Waals surface area contributed by atoms with E-state index in [-0.39, 0.29) is 0 Å². The topological polar surface area (TPSA) is 12.0 Å². The van der Waals surface area contributed by atoms with Crippen molar-refractivity contribution in [3.05, 3.63) is 35.4 Å². The van der Waals surface area contributed by atoms with Gasteiger partial charge in [-0.15, -0.1) is 0 Å². The number of benzene rings is 1. The molecule has 0 bridgehead atoms. The Labute approximate surface area is 123 Å². The lowest BCUT2D eigenvalue weighted by molar-refractivity contribution is -0.137. The monoisotopic (exact) mass is 297 g/mol. The van der Waals surface area contributed by atoms with Crippen molar-refractivity contribution >= 4 is 0 Å². The summed E-state index contributed by atoms with van der Waals surface area (Å²) in [5, 5.41) is 3.35. The molecule has 0 heterocycles. The quantitative estimate of drug-likeness (QED) is 0.875. The second-order valence-corrected chi connectivity index (χ2v) is 6.49. The number of halogens is 3. The zero-order valence-electron chi connectivity index (χ0n) is 12.3. The Balaban J connectivity index is 1.70. The predicted molar refractivity (Wildman–Crippen MR) is 76.9 cm³/mol. The van der Waals surface area contributed by atoms with Crippen molar-refractivity contribution in [3.63, 3.8) is 0 Å². The summed E-state index contributed by atoms with van der Waals surface area (Å²) in [5.41, 5.74) is 0.246. The Bertz CT molecular complexity index is 485. The third-order valence-corrected chi connectivity index (χ3v) is 5.27. The summed E-state index contributed by atoms with van der Waals surface area (Å²) >= 11 is 0. The van der Waals surface area contributed by atoms with Crippen LogP contribution < -0.4 is 5.32 Å². The molecule has 0 aromatic heterocycles. The second-order valence-electron chi connectivity index (χ2n) is 6.49. The number of rotatable bonds is 4. The molecule has 4 heteroatoms. The van der Waals surface area contributed by atoms with Gasteiger partial charge in [-0.2, -0.15) is 13.2 Å². The smallest absolute Gasteiger partial charge is 0.316 e. The van der Waals surface area contributed by atoms with Crippen LogP contribution in [-0.2, 0) is 12.6 Å². The molecule has 3 atom stereocenters. The van der Waals surface area contributed by atoms with Crippen LogP contribution >= 0.6 is 0 Å². The summed E-state index contributed by atoms with van der Waals surface area (Å²) in [6.07, 6.45) is 1.68. The minimum absolute atomic E-state index is 0.307. The number of fused-ring (bicyclic) bond motifs is 1. The molecule has 2 fully saturated rings. The van der Waals surface area contributed by atoms with Gasteiger partial charge in [0.2, 0.25) is 0 Å². The lowest BCUT2D eigenvalue weighted by atomic mass is 9.98. The van der Waals surface area contributed by atoms with Crippen LogP contribution in [0.4, 0.5) is 13.2 Å². The van der Waals surface area contributed by atoms with Crippen molar-refractivity contribution in [3.8, 4) is 0 Å². The van der Waals surface area contributed by atoms with Crippen molar-refractivity contribution in [2.45, 2.75) is 44.3 Å². The van der Waals surface area contributed by atoms with Crippen LogP contribution in [0.15, 0.2) is 24.3 Å². The number of hydrogen-bond acceptors (Lipinski definition) is 1. The molecule has 0 saturated heterocycles. The van der Waals surface area contributed by atoms with Crippen LogP contribution in [0.3, 0.4) is 0 Å². The van der Waals surface area contributed by atoms with E-state index in [2.05, 4.69) is 5.32 Å². The average molecular weight is 297 g/mol. The highest BCUT2D eigenvalue weighted by atomic mass is 19.4. The molecule has 2 saturated carbocycles. The minimum atomic E-state index is -4.25.